The average Bonchev–Trinajstić information content (AvgIpc) is 2.69. The van der Waals surface area contributed by atoms with E-state index in [-0.39, 0.29) is 41.8 Å². The van der Waals surface area contributed by atoms with Gasteiger partial charge in [0.15, 0.2) is 0 Å². The second kappa shape index (κ2) is 8.41. The van der Waals surface area contributed by atoms with E-state index in [0.717, 1.165) is 12.1 Å². The summed E-state index contributed by atoms with van der Waals surface area (Å²) in [5, 5.41) is 0.273. The number of hydrogen-bond acceptors (Lipinski definition) is 4. The van der Waals surface area contributed by atoms with E-state index >= 15 is 0 Å². The van der Waals surface area contributed by atoms with E-state index in [2.05, 4.69) is 0 Å². The average molecular weight is 449 g/mol. The van der Waals surface area contributed by atoms with Crippen molar-refractivity contribution in [1.82, 2.24) is 4.31 Å². The molecule has 0 bridgehead atoms. The van der Waals surface area contributed by atoms with Crippen molar-refractivity contribution in [2.45, 2.75) is 18.0 Å². The maximum absolute atomic E-state index is 13.1. The number of alkyl halides is 3. The van der Waals surface area contributed by atoms with Crippen LogP contribution in [0.3, 0.4) is 0 Å². The molecule has 5 nitrogen and oxygen atoms in total. The van der Waals surface area contributed by atoms with Crippen molar-refractivity contribution in [1.29, 1.82) is 0 Å². The summed E-state index contributed by atoms with van der Waals surface area (Å²) in [5.74, 6) is 0.220. The first-order valence-electron chi connectivity index (χ1n) is 8.97. The Morgan fingerprint density at radius 2 is 1.76 bits per heavy atom. The Labute approximate surface area is 172 Å². The molecule has 29 heavy (non-hydrogen) atoms. The fourth-order valence-electron chi connectivity index (χ4n) is 3.16. The Morgan fingerprint density at radius 1 is 1.07 bits per heavy atom. The summed E-state index contributed by atoms with van der Waals surface area (Å²) in [6.45, 7) is 2.86. The molecule has 1 aliphatic heterocycles. The summed E-state index contributed by atoms with van der Waals surface area (Å²) in [7, 11) is -3.86. The fraction of sp³-hybridized carbons (Fsp3) is 0.368. The highest BCUT2D eigenvalue weighted by Crippen LogP contribution is 2.33. The largest absolute Gasteiger partial charge is 0.492 e. The molecule has 0 saturated carbocycles. The van der Waals surface area contributed by atoms with E-state index in [0.29, 0.717) is 12.3 Å². The van der Waals surface area contributed by atoms with Crippen molar-refractivity contribution in [2.24, 2.45) is 0 Å². The highest BCUT2D eigenvalue weighted by atomic mass is 35.5. The third-order valence-electron chi connectivity index (χ3n) is 4.60. The standard InChI is InChI=1S/C19H20ClF3N2O3S/c1-2-28-17-7-6-15(20)13-18(17)29(26,27)25-10-8-24(9-11-25)16-5-3-4-14(12-16)19(21,22)23/h3-7,12-13H,2,8-11H2,1H3. The number of halogens is 4. The lowest BCUT2D eigenvalue weighted by Gasteiger charge is -2.35. The van der Waals surface area contributed by atoms with Crippen molar-refractivity contribution < 1.29 is 26.3 Å². The van der Waals surface area contributed by atoms with Gasteiger partial charge in [0, 0.05) is 36.9 Å². The van der Waals surface area contributed by atoms with Crippen LogP contribution < -0.4 is 9.64 Å². The Hall–Kier alpha value is -1.97. The van der Waals surface area contributed by atoms with E-state index in [1.165, 1.54) is 22.5 Å². The summed E-state index contributed by atoms with van der Waals surface area (Å²) < 4.78 is 71.7. The molecule has 0 spiro atoms. The lowest BCUT2D eigenvalue weighted by atomic mass is 10.1. The third kappa shape index (κ3) is 4.79. The molecule has 0 aliphatic carbocycles. The molecule has 0 atom stereocenters. The number of piperazine rings is 1. The van der Waals surface area contributed by atoms with Crippen molar-refractivity contribution >= 4 is 27.3 Å². The maximum atomic E-state index is 13.1. The van der Waals surface area contributed by atoms with Crippen LogP contribution in [0.25, 0.3) is 0 Å². The topological polar surface area (TPSA) is 49.9 Å². The third-order valence-corrected chi connectivity index (χ3v) is 6.76. The minimum Gasteiger partial charge on any atom is -0.492 e. The van der Waals surface area contributed by atoms with E-state index in [9.17, 15) is 21.6 Å². The fourth-order valence-corrected chi connectivity index (χ4v) is 4.98. The molecule has 1 saturated heterocycles. The van der Waals surface area contributed by atoms with Crippen LogP contribution in [0.1, 0.15) is 12.5 Å². The monoisotopic (exact) mass is 448 g/mol. The molecule has 10 heteroatoms. The van der Waals surface area contributed by atoms with Crippen LogP contribution in [0.15, 0.2) is 47.4 Å². The summed E-state index contributed by atoms with van der Waals surface area (Å²) >= 11 is 5.98. The zero-order chi connectivity index (χ0) is 21.2. The molecular weight excluding hydrogens is 429 g/mol. The molecule has 1 fully saturated rings. The molecule has 0 radical (unpaired) electrons. The molecular formula is C19H20ClF3N2O3S. The highest BCUT2D eigenvalue weighted by molar-refractivity contribution is 7.89. The first kappa shape index (κ1) is 21.7. The van der Waals surface area contributed by atoms with Gasteiger partial charge in [0.2, 0.25) is 10.0 Å². The van der Waals surface area contributed by atoms with E-state index in [1.54, 1.807) is 24.0 Å². The van der Waals surface area contributed by atoms with Crippen LogP contribution in [0.2, 0.25) is 5.02 Å². The van der Waals surface area contributed by atoms with Crippen molar-refractivity contribution in [2.75, 3.05) is 37.7 Å². The number of hydrogen-bond donors (Lipinski definition) is 0. The van der Waals surface area contributed by atoms with Crippen LogP contribution in [0.5, 0.6) is 5.75 Å². The highest BCUT2D eigenvalue weighted by Gasteiger charge is 2.33. The molecule has 0 amide bonds. The first-order chi connectivity index (χ1) is 13.6. The van der Waals surface area contributed by atoms with Gasteiger partial charge in [-0.25, -0.2) is 8.42 Å². The minimum atomic E-state index is -4.43. The molecule has 158 valence electrons. The van der Waals surface area contributed by atoms with Gasteiger partial charge in [0.25, 0.3) is 0 Å². The quantitative estimate of drug-likeness (QED) is 0.685. The molecule has 1 heterocycles. The first-order valence-corrected chi connectivity index (χ1v) is 10.8. The van der Waals surface area contributed by atoms with Gasteiger partial charge >= 0.3 is 6.18 Å². The number of anilines is 1. The lowest BCUT2D eigenvalue weighted by molar-refractivity contribution is -0.137. The summed E-state index contributed by atoms with van der Waals surface area (Å²) in [5.41, 5.74) is -0.319. The molecule has 2 aromatic rings. The predicted molar refractivity (Wildman–Crippen MR) is 105 cm³/mol. The van der Waals surface area contributed by atoms with Gasteiger partial charge in [-0.1, -0.05) is 17.7 Å². The second-order valence-corrected chi connectivity index (χ2v) is 8.81. The van der Waals surface area contributed by atoms with Gasteiger partial charge in [-0.05, 0) is 43.3 Å². The maximum Gasteiger partial charge on any atom is 0.416 e. The van der Waals surface area contributed by atoms with Crippen molar-refractivity contribution in [3.63, 3.8) is 0 Å². The number of benzene rings is 2. The summed E-state index contributed by atoms with van der Waals surface area (Å²) in [6, 6.07) is 9.44. The lowest BCUT2D eigenvalue weighted by Crippen LogP contribution is -2.48. The number of sulfonamides is 1. The van der Waals surface area contributed by atoms with Crippen LogP contribution in [-0.4, -0.2) is 45.5 Å². The van der Waals surface area contributed by atoms with Gasteiger partial charge in [-0.3, -0.25) is 0 Å². The molecule has 3 rings (SSSR count). The second-order valence-electron chi connectivity index (χ2n) is 6.46. The minimum absolute atomic E-state index is 0.0145. The number of ether oxygens (including phenoxy) is 1. The Bertz CT molecular complexity index is 975. The molecule has 0 unspecified atom stereocenters. The molecule has 2 aromatic carbocycles. The Morgan fingerprint density at radius 3 is 2.38 bits per heavy atom. The van der Waals surface area contributed by atoms with Crippen molar-refractivity contribution in [3.05, 3.63) is 53.1 Å². The number of rotatable bonds is 5. The normalized spacial score (nSPS) is 16.1. The van der Waals surface area contributed by atoms with Crippen LogP contribution in [0.4, 0.5) is 18.9 Å². The van der Waals surface area contributed by atoms with Gasteiger partial charge in [-0.2, -0.15) is 17.5 Å². The zero-order valence-electron chi connectivity index (χ0n) is 15.6. The van der Waals surface area contributed by atoms with Crippen LogP contribution >= 0.6 is 11.6 Å². The van der Waals surface area contributed by atoms with Gasteiger partial charge in [-0.15, -0.1) is 0 Å². The van der Waals surface area contributed by atoms with E-state index < -0.39 is 21.8 Å². The smallest absolute Gasteiger partial charge is 0.416 e. The van der Waals surface area contributed by atoms with Gasteiger partial charge in [0.1, 0.15) is 10.6 Å². The van der Waals surface area contributed by atoms with Gasteiger partial charge < -0.3 is 9.64 Å². The number of nitrogens with zero attached hydrogens (tertiary/aromatic N) is 2. The zero-order valence-corrected chi connectivity index (χ0v) is 17.2. The van der Waals surface area contributed by atoms with Crippen LogP contribution in [-0.2, 0) is 16.2 Å². The van der Waals surface area contributed by atoms with Crippen LogP contribution in [0, 0.1) is 0 Å². The SMILES string of the molecule is CCOc1ccc(Cl)cc1S(=O)(=O)N1CCN(c2cccc(C(F)(F)F)c2)CC1. The molecule has 0 N–H and O–H groups in total. The van der Waals surface area contributed by atoms with Crippen molar-refractivity contribution in [3.8, 4) is 5.75 Å². The Kier molecular flexibility index (Phi) is 6.30. The van der Waals surface area contributed by atoms with E-state index in [1.807, 2.05) is 0 Å². The summed E-state index contributed by atoms with van der Waals surface area (Å²) in [6.07, 6.45) is -4.43. The molecule has 0 aromatic heterocycles. The predicted octanol–water partition coefficient (Wildman–Crippen LogP) is 4.27. The van der Waals surface area contributed by atoms with E-state index in [4.69, 9.17) is 16.3 Å². The van der Waals surface area contributed by atoms with Gasteiger partial charge in [0.05, 0.1) is 12.2 Å². The Balaban J connectivity index is 1.78. The summed E-state index contributed by atoms with van der Waals surface area (Å²) in [4.78, 5) is 1.72. The molecule has 1 aliphatic rings.